The number of nitrogens with one attached hydrogen (secondary N) is 1. The maximum atomic E-state index is 12.6. The molecule has 0 saturated carbocycles. The van der Waals surface area contributed by atoms with Gasteiger partial charge in [0.1, 0.15) is 12.3 Å². The summed E-state index contributed by atoms with van der Waals surface area (Å²) < 4.78 is 8.20. The molecule has 1 N–H and O–H groups in total. The Morgan fingerprint density at radius 2 is 1.70 bits per heavy atom. The predicted octanol–water partition coefficient (Wildman–Crippen LogP) is 2.62. The fourth-order valence-corrected chi connectivity index (χ4v) is 2.92. The third-order valence-electron chi connectivity index (χ3n) is 4.61. The summed E-state index contributed by atoms with van der Waals surface area (Å²) >= 11 is 0. The summed E-state index contributed by atoms with van der Waals surface area (Å²) in [6.07, 6.45) is 2.95. The lowest BCUT2D eigenvalue weighted by molar-refractivity contribution is -0.122. The smallest absolute Gasteiger partial charge is 0.351 e. The third-order valence-corrected chi connectivity index (χ3v) is 4.61. The summed E-state index contributed by atoms with van der Waals surface area (Å²) in [5.74, 6) is 0.464. The molecule has 0 bridgehead atoms. The number of aryl methyl sites for hydroxylation is 2. The van der Waals surface area contributed by atoms with Crippen molar-refractivity contribution in [3.05, 3.63) is 88.1 Å². The summed E-state index contributed by atoms with van der Waals surface area (Å²) in [6.45, 7) is 4.17. The van der Waals surface area contributed by atoms with E-state index in [2.05, 4.69) is 15.4 Å². The van der Waals surface area contributed by atoms with Gasteiger partial charge in [0, 0.05) is 18.9 Å². The molecule has 0 aliphatic carbocycles. The summed E-state index contributed by atoms with van der Waals surface area (Å²) in [5, 5.41) is 7.05. The van der Waals surface area contributed by atoms with Crippen molar-refractivity contribution in [1.82, 2.24) is 24.5 Å². The molecule has 2 aromatic carbocycles. The second-order valence-electron chi connectivity index (χ2n) is 7.04. The van der Waals surface area contributed by atoms with Crippen molar-refractivity contribution in [3.8, 4) is 11.6 Å². The molecular weight excluding hydrogens is 382 g/mol. The predicted molar refractivity (Wildman–Crippen MR) is 112 cm³/mol. The molecule has 8 heteroatoms. The fourth-order valence-electron chi connectivity index (χ4n) is 2.92. The van der Waals surface area contributed by atoms with Crippen LogP contribution in [0.3, 0.4) is 0 Å². The van der Waals surface area contributed by atoms with E-state index < -0.39 is 5.69 Å². The van der Waals surface area contributed by atoms with Crippen molar-refractivity contribution in [1.29, 1.82) is 0 Å². The Balaban J connectivity index is 1.51. The molecular formula is C22H21N5O3. The average Bonchev–Trinajstić information content (AvgIpc) is 3.06. The van der Waals surface area contributed by atoms with Gasteiger partial charge in [-0.1, -0.05) is 47.5 Å². The van der Waals surface area contributed by atoms with Gasteiger partial charge in [0.2, 0.25) is 11.6 Å². The van der Waals surface area contributed by atoms with E-state index in [1.54, 1.807) is 0 Å². The number of aromatic nitrogens is 4. The van der Waals surface area contributed by atoms with Crippen LogP contribution in [-0.4, -0.2) is 25.1 Å². The van der Waals surface area contributed by atoms with Crippen molar-refractivity contribution >= 4 is 11.6 Å². The average molecular weight is 403 g/mol. The van der Waals surface area contributed by atoms with Gasteiger partial charge >= 0.3 is 5.69 Å². The molecule has 4 rings (SSSR count). The van der Waals surface area contributed by atoms with Crippen LogP contribution in [0.5, 0.6) is 11.6 Å². The number of hydrogen-bond acceptors (Lipinski definition) is 5. The van der Waals surface area contributed by atoms with Crippen LogP contribution in [0.25, 0.3) is 5.65 Å². The van der Waals surface area contributed by atoms with Gasteiger partial charge in [0.15, 0.2) is 0 Å². The number of nitrogens with zero attached hydrogens (tertiary/aromatic N) is 4. The number of benzene rings is 2. The Morgan fingerprint density at radius 1 is 1.03 bits per heavy atom. The molecule has 1 amide bonds. The Labute approximate surface area is 172 Å². The minimum Gasteiger partial charge on any atom is -0.436 e. The number of hydrogen-bond donors (Lipinski definition) is 1. The molecule has 152 valence electrons. The first-order valence-electron chi connectivity index (χ1n) is 9.50. The monoisotopic (exact) mass is 403 g/mol. The van der Waals surface area contributed by atoms with Crippen LogP contribution in [0.1, 0.15) is 16.7 Å². The number of rotatable bonds is 6. The number of carbonyl (C=O) groups excluding carboxylic acids is 1. The highest BCUT2D eigenvalue weighted by atomic mass is 16.5. The minimum atomic E-state index is -0.438. The van der Waals surface area contributed by atoms with Crippen molar-refractivity contribution in [2.24, 2.45) is 0 Å². The Bertz CT molecular complexity index is 1240. The van der Waals surface area contributed by atoms with E-state index in [1.807, 2.05) is 62.4 Å². The van der Waals surface area contributed by atoms with Crippen LogP contribution in [0.4, 0.5) is 0 Å². The fraction of sp³-hybridized carbons (Fsp3) is 0.182. The molecule has 2 aromatic heterocycles. The topological polar surface area (TPSA) is 90.5 Å². The van der Waals surface area contributed by atoms with Crippen LogP contribution in [0, 0.1) is 13.8 Å². The number of fused-ring (bicyclic) bond motifs is 1. The molecule has 0 saturated heterocycles. The molecule has 0 spiro atoms. The summed E-state index contributed by atoms with van der Waals surface area (Å²) in [6, 6.07) is 15.3. The second-order valence-corrected chi connectivity index (χ2v) is 7.04. The number of carbonyl (C=O) groups is 1. The molecule has 0 atom stereocenters. The van der Waals surface area contributed by atoms with Crippen molar-refractivity contribution in [2.45, 2.75) is 26.9 Å². The van der Waals surface area contributed by atoms with E-state index in [1.165, 1.54) is 16.8 Å². The highest BCUT2D eigenvalue weighted by Gasteiger charge is 2.15. The van der Waals surface area contributed by atoms with Gasteiger partial charge in [0.05, 0.1) is 0 Å². The summed E-state index contributed by atoms with van der Waals surface area (Å²) in [4.78, 5) is 29.1. The van der Waals surface area contributed by atoms with Gasteiger partial charge in [-0.15, -0.1) is 5.10 Å². The van der Waals surface area contributed by atoms with E-state index in [0.29, 0.717) is 12.3 Å². The first-order valence-corrected chi connectivity index (χ1v) is 9.50. The van der Waals surface area contributed by atoms with E-state index >= 15 is 0 Å². The molecule has 30 heavy (non-hydrogen) atoms. The van der Waals surface area contributed by atoms with Crippen LogP contribution >= 0.6 is 0 Å². The van der Waals surface area contributed by atoms with Crippen LogP contribution < -0.4 is 15.7 Å². The van der Waals surface area contributed by atoms with Gasteiger partial charge in [-0.3, -0.25) is 4.79 Å². The lowest BCUT2D eigenvalue weighted by atomic mass is 10.1. The van der Waals surface area contributed by atoms with Crippen LogP contribution in [0.15, 0.2) is 65.7 Å². The molecule has 8 nitrogen and oxygen atoms in total. The third kappa shape index (κ3) is 4.22. The first-order chi connectivity index (χ1) is 14.5. The van der Waals surface area contributed by atoms with Gasteiger partial charge in [-0.2, -0.15) is 0 Å². The SMILES string of the molecule is Cc1ccc(CNC(=O)Cn2nc3c(Oc4ccc(C)cc4)nccn3c2=O)cc1. The zero-order chi connectivity index (χ0) is 21.1. The van der Waals surface area contributed by atoms with Crippen LogP contribution in [-0.2, 0) is 17.9 Å². The maximum Gasteiger partial charge on any atom is 0.351 e. The van der Waals surface area contributed by atoms with Crippen molar-refractivity contribution in [2.75, 3.05) is 0 Å². The van der Waals surface area contributed by atoms with E-state index in [9.17, 15) is 9.59 Å². The maximum absolute atomic E-state index is 12.6. The first kappa shape index (κ1) is 19.4. The number of ether oxygens (including phenoxy) is 1. The van der Waals surface area contributed by atoms with E-state index in [-0.39, 0.29) is 24.0 Å². The van der Waals surface area contributed by atoms with Gasteiger partial charge in [0.25, 0.3) is 5.88 Å². The normalized spacial score (nSPS) is 10.9. The van der Waals surface area contributed by atoms with Gasteiger partial charge < -0.3 is 10.1 Å². The summed E-state index contributed by atoms with van der Waals surface area (Å²) in [5.41, 5.74) is 3.04. The number of amides is 1. The Kier molecular flexibility index (Phi) is 5.30. The summed E-state index contributed by atoms with van der Waals surface area (Å²) in [7, 11) is 0. The van der Waals surface area contributed by atoms with Crippen molar-refractivity contribution in [3.63, 3.8) is 0 Å². The molecule has 0 radical (unpaired) electrons. The molecule has 4 aromatic rings. The van der Waals surface area contributed by atoms with Crippen LogP contribution in [0.2, 0.25) is 0 Å². The highest BCUT2D eigenvalue weighted by molar-refractivity contribution is 5.75. The molecule has 0 unspecified atom stereocenters. The lowest BCUT2D eigenvalue weighted by Crippen LogP contribution is -2.32. The Hall–Kier alpha value is -3.94. The standard InChI is InChI=1S/C22H21N5O3/c1-15-3-7-17(8-4-15)13-24-19(28)14-27-22(29)26-12-11-23-21(20(26)25-27)30-18-9-5-16(2)6-10-18/h3-12H,13-14H2,1-2H3,(H,24,28). The molecule has 0 aliphatic heterocycles. The van der Waals surface area contributed by atoms with E-state index in [0.717, 1.165) is 21.4 Å². The van der Waals surface area contributed by atoms with Gasteiger partial charge in [-0.25, -0.2) is 18.9 Å². The molecule has 0 aliphatic rings. The Morgan fingerprint density at radius 3 is 2.40 bits per heavy atom. The van der Waals surface area contributed by atoms with Gasteiger partial charge in [-0.05, 0) is 31.5 Å². The van der Waals surface area contributed by atoms with E-state index in [4.69, 9.17) is 4.74 Å². The zero-order valence-electron chi connectivity index (χ0n) is 16.7. The quantitative estimate of drug-likeness (QED) is 0.534. The van der Waals surface area contributed by atoms with Crippen molar-refractivity contribution < 1.29 is 9.53 Å². The second kappa shape index (κ2) is 8.20. The molecule has 2 heterocycles. The minimum absolute atomic E-state index is 0.192. The lowest BCUT2D eigenvalue weighted by Gasteiger charge is -2.05. The zero-order valence-corrected chi connectivity index (χ0v) is 16.7. The largest absolute Gasteiger partial charge is 0.436 e. The highest BCUT2D eigenvalue weighted by Crippen LogP contribution is 2.22. The molecule has 0 fully saturated rings.